The van der Waals surface area contributed by atoms with Crippen LogP contribution in [0.2, 0.25) is 0 Å². The van der Waals surface area contributed by atoms with Crippen LogP contribution in [0.3, 0.4) is 0 Å². The molecular formula is C21H19N3O4. The zero-order valence-corrected chi connectivity index (χ0v) is 15.1. The average Bonchev–Trinajstić information content (AvgIpc) is 2.71. The van der Waals surface area contributed by atoms with Crippen molar-refractivity contribution in [1.82, 2.24) is 5.32 Å². The largest absolute Gasteiger partial charge is 0.454 e. The van der Waals surface area contributed by atoms with Gasteiger partial charge in [-0.05, 0) is 29.3 Å². The van der Waals surface area contributed by atoms with Gasteiger partial charge in [0.2, 0.25) is 5.91 Å². The fourth-order valence-electron chi connectivity index (χ4n) is 2.15. The molecule has 0 aliphatic carbocycles. The maximum atomic E-state index is 11.8. The first-order valence-electron chi connectivity index (χ1n) is 8.49. The molecule has 0 saturated carbocycles. The first-order valence-corrected chi connectivity index (χ1v) is 8.49. The lowest BCUT2D eigenvalue weighted by Crippen LogP contribution is -2.31. The van der Waals surface area contributed by atoms with Crippen molar-refractivity contribution < 1.29 is 19.1 Å². The molecule has 7 heteroatoms. The molecule has 2 N–H and O–H groups in total. The van der Waals surface area contributed by atoms with E-state index in [4.69, 9.17) is 10.00 Å². The zero-order valence-electron chi connectivity index (χ0n) is 15.1. The van der Waals surface area contributed by atoms with Crippen LogP contribution in [0.4, 0.5) is 5.69 Å². The fraction of sp³-hybridized carbons (Fsp3) is 0.143. The topological polar surface area (TPSA) is 108 Å². The van der Waals surface area contributed by atoms with E-state index in [1.807, 2.05) is 36.4 Å². The molecule has 0 aliphatic rings. The summed E-state index contributed by atoms with van der Waals surface area (Å²) in [5, 5.41) is 13.6. The van der Waals surface area contributed by atoms with E-state index in [-0.39, 0.29) is 13.0 Å². The predicted octanol–water partition coefficient (Wildman–Crippen LogP) is 2.06. The number of hydrogen-bond donors (Lipinski definition) is 2. The molecule has 0 aliphatic heterocycles. The second-order valence-corrected chi connectivity index (χ2v) is 5.70. The minimum atomic E-state index is -0.721. The van der Waals surface area contributed by atoms with Gasteiger partial charge in [-0.1, -0.05) is 42.5 Å². The Hall–Kier alpha value is -3.92. The number of amides is 2. The third kappa shape index (κ3) is 7.54. The highest BCUT2D eigenvalue weighted by Gasteiger charge is 2.09. The van der Waals surface area contributed by atoms with Gasteiger partial charge in [-0.15, -0.1) is 0 Å². The van der Waals surface area contributed by atoms with Crippen LogP contribution in [-0.4, -0.2) is 30.9 Å². The number of nitrogens with zero attached hydrogens (tertiary/aromatic N) is 1. The van der Waals surface area contributed by atoms with Crippen molar-refractivity contribution in [2.24, 2.45) is 0 Å². The summed E-state index contributed by atoms with van der Waals surface area (Å²) in [6, 6.07) is 18.0. The number of hydrogen-bond acceptors (Lipinski definition) is 5. The number of nitriles is 1. The second-order valence-electron chi connectivity index (χ2n) is 5.70. The van der Waals surface area contributed by atoms with Crippen molar-refractivity contribution >= 4 is 29.5 Å². The van der Waals surface area contributed by atoms with Gasteiger partial charge < -0.3 is 15.4 Å². The molecule has 0 aromatic heterocycles. The molecule has 2 aromatic carbocycles. The Labute approximate surface area is 162 Å². The van der Waals surface area contributed by atoms with Crippen molar-refractivity contribution in [3.8, 4) is 6.07 Å². The van der Waals surface area contributed by atoms with Gasteiger partial charge in [0.1, 0.15) is 6.54 Å². The van der Waals surface area contributed by atoms with Crippen LogP contribution in [0.15, 0.2) is 60.7 Å². The fourth-order valence-corrected chi connectivity index (χ4v) is 2.15. The molecule has 7 nitrogen and oxygen atoms in total. The normalized spacial score (nSPS) is 10.1. The molecule has 0 unspecified atom stereocenters. The predicted molar refractivity (Wildman–Crippen MR) is 104 cm³/mol. The van der Waals surface area contributed by atoms with Crippen molar-refractivity contribution in [2.75, 3.05) is 18.5 Å². The molecule has 0 bridgehead atoms. The maximum absolute atomic E-state index is 11.8. The molecule has 0 heterocycles. The Morgan fingerprint density at radius 1 is 1.04 bits per heavy atom. The standard InChI is InChI=1S/C21H19N3O4/c22-13-12-17-6-9-18(10-7-17)24-20(26)15-28-21(27)14-23-19(25)11-8-16-4-2-1-3-5-16/h1-11H,12,14-15H2,(H,23,25)(H,24,26)/b11-8+. The Kier molecular flexibility index (Phi) is 7.96. The smallest absolute Gasteiger partial charge is 0.325 e. The van der Waals surface area contributed by atoms with Gasteiger partial charge in [0.05, 0.1) is 12.5 Å². The first-order chi connectivity index (χ1) is 13.6. The Morgan fingerprint density at radius 3 is 2.43 bits per heavy atom. The molecular weight excluding hydrogens is 358 g/mol. The molecule has 2 amide bonds. The molecule has 0 fully saturated rings. The number of carbonyl (C=O) groups excluding carboxylic acids is 3. The molecule has 2 aromatic rings. The summed E-state index contributed by atoms with van der Waals surface area (Å²) in [6.07, 6.45) is 3.22. The summed E-state index contributed by atoms with van der Waals surface area (Å²) in [6.45, 7) is -0.803. The van der Waals surface area contributed by atoms with Crippen LogP contribution in [0.1, 0.15) is 11.1 Å². The summed E-state index contributed by atoms with van der Waals surface area (Å²) in [5.74, 6) is -1.67. The third-order valence-electron chi connectivity index (χ3n) is 3.52. The molecule has 0 radical (unpaired) electrons. The average molecular weight is 377 g/mol. The van der Waals surface area contributed by atoms with Crippen LogP contribution in [-0.2, 0) is 25.5 Å². The van der Waals surface area contributed by atoms with Gasteiger partial charge in [-0.2, -0.15) is 5.26 Å². The number of nitrogens with one attached hydrogen (secondary N) is 2. The van der Waals surface area contributed by atoms with E-state index in [0.717, 1.165) is 11.1 Å². The van der Waals surface area contributed by atoms with E-state index < -0.39 is 24.4 Å². The molecule has 0 saturated heterocycles. The lowest BCUT2D eigenvalue weighted by atomic mass is 10.1. The number of esters is 1. The summed E-state index contributed by atoms with van der Waals surface area (Å²) in [5.41, 5.74) is 2.23. The molecule has 0 spiro atoms. The Morgan fingerprint density at radius 2 is 1.75 bits per heavy atom. The number of anilines is 1. The van der Waals surface area contributed by atoms with E-state index in [1.54, 1.807) is 30.3 Å². The summed E-state index contributed by atoms with van der Waals surface area (Å²) in [7, 11) is 0. The number of ether oxygens (including phenoxy) is 1. The van der Waals surface area contributed by atoms with Gasteiger partial charge >= 0.3 is 5.97 Å². The third-order valence-corrected chi connectivity index (χ3v) is 3.52. The summed E-state index contributed by atoms with van der Waals surface area (Å²) >= 11 is 0. The van der Waals surface area contributed by atoms with Crippen LogP contribution in [0, 0.1) is 11.3 Å². The number of benzene rings is 2. The van der Waals surface area contributed by atoms with E-state index in [1.165, 1.54) is 6.08 Å². The lowest BCUT2D eigenvalue weighted by Gasteiger charge is -2.07. The lowest BCUT2D eigenvalue weighted by molar-refractivity contribution is -0.146. The summed E-state index contributed by atoms with van der Waals surface area (Å²) in [4.78, 5) is 35.1. The van der Waals surface area contributed by atoms with Crippen molar-refractivity contribution in [1.29, 1.82) is 5.26 Å². The van der Waals surface area contributed by atoms with E-state index in [2.05, 4.69) is 10.6 Å². The summed E-state index contributed by atoms with van der Waals surface area (Å²) < 4.78 is 4.82. The quantitative estimate of drug-likeness (QED) is 0.541. The highest BCUT2D eigenvalue weighted by molar-refractivity contribution is 5.95. The first kappa shape index (κ1) is 20.4. The zero-order chi connectivity index (χ0) is 20.2. The van der Waals surface area contributed by atoms with Gasteiger partial charge in [-0.3, -0.25) is 14.4 Å². The Balaban J connectivity index is 1.67. The number of rotatable bonds is 8. The van der Waals surface area contributed by atoms with Crippen molar-refractivity contribution in [2.45, 2.75) is 6.42 Å². The van der Waals surface area contributed by atoms with Gasteiger partial charge in [0.15, 0.2) is 6.61 Å². The van der Waals surface area contributed by atoms with Gasteiger partial charge in [0.25, 0.3) is 5.91 Å². The minimum Gasteiger partial charge on any atom is -0.454 e. The van der Waals surface area contributed by atoms with Crippen molar-refractivity contribution in [3.05, 3.63) is 71.8 Å². The monoisotopic (exact) mass is 377 g/mol. The minimum absolute atomic E-state index is 0.290. The highest BCUT2D eigenvalue weighted by Crippen LogP contribution is 2.09. The molecule has 142 valence electrons. The van der Waals surface area contributed by atoms with Crippen molar-refractivity contribution in [3.63, 3.8) is 0 Å². The van der Waals surface area contributed by atoms with E-state index in [9.17, 15) is 14.4 Å². The van der Waals surface area contributed by atoms with Crippen LogP contribution in [0.5, 0.6) is 0 Å². The van der Waals surface area contributed by atoms with Gasteiger partial charge in [-0.25, -0.2) is 0 Å². The molecule has 2 rings (SSSR count). The number of carbonyl (C=O) groups is 3. The Bertz CT molecular complexity index is 884. The van der Waals surface area contributed by atoms with Crippen LogP contribution < -0.4 is 10.6 Å². The van der Waals surface area contributed by atoms with Crippen LogP contribution >= 0.6 is 0 Å². The molecule has 0 atom stereocenters. The second kappa shape index (κ2) is 10.9. The van der Waals surface area contributed by atoms with Gasteiger partial charge in [0, 0.05) is 11.8 Å². The highest BCUT2D eigenvalue weighted by atomic mass is 16.5. The van der Waals surface area contributed by atoms with E-state index in [0.29, 0.717) is 5.69 Å². The SMILES string of the molecule is N#CCc1ccc(NC(=O)COC(=O)CNC(=O)/C=C/c2ccccc2)cc1. The van der Waals surface area contributed by atoms with Crippen LogP contribution in [0.25, 0.3) is 6.08 Å². The maximum Gasteiger partial charge on any atom is 0.325 e. The molecule has 28 heavy (non-hydrogen) atoms. The van der Waals surface area contributed by atoms with E-state index >= 15 is 0 Å².